The predicted octanol–water partition coefficient (Wildman–Crippen LogP) is 4.74. The summed E-state index contributed by atoms with van der Waals surface area (Å²) in [5.74, 6) is 0.138. The number of phenols is 1. The summed E-state index contributed by atoms with van der Waals surface area (Å²) in [7, 11) is 1.59. The molecular formula is C19H20N2O4. The van der Waals surface area contributed by atoms with Crippen LogP contribution in [-0.4, -0.2) is 18.2 Å². The first-order chi connectivity index (χ1) is 11.9. The van der Waals surface area contributed by atoms with Gasteiger partial charge < -0.3 is 14.6 Å². The Labute approximate surface area is 146 Å². The van der Waals surface area contributed by atoms with Crippen LogP contribution in [0.5, 0.6) is 11.5 Å². The summed E-state index contributed by atoms with van der Waals surface area (Å²) >= 11 is 0. The number of methoxy groups -OCH3 is 1. The SMILES string of the molecule is C=C(C)C(=O)OCc1cc(C)cc(N=Nc2ccc(OC)cc2)c1O. The third kappa shape index (κ3) is 4.91. The molecule has 0 bridgehead atoms. The fourth-order valence-corrected chi connectivity index (χ4v) is 2.05. The van der Waals surface area contributed by atoms with Gasteiger partial charge in [0.1, 0.15) is 23.8 Å². The van der Waals surface area contributed by atoms with Gasteiger partial charge in [0.15, 0.2) is 0 Å². The first-order valence-corrected chi connectivity index (χ1v) is 7.61. The maximum absolute atomic E-state index is 11.5. The number of ether oxygens (including phenoxy) is 2. The minimum Gasteiger partial charge on any atom is -0.505 e. The predicted molar refractivity (Wildman–Crippen MR) is 94.6 cm³/mol. The van der Waals surface area contributed by atoms with Crippen LogP contribution < -0.4 is 4.74 Å². The van der Waals surface area contributed by atoms with Crippen LogP contribution in [0.3, 0.4) is 0 Å². The quantitative estimate of drug-likeness (QED) is 0.468. The van der Waals surface area contributed by atoms with E-state index in [1.807, 2.05) is 6.92 Å². The average molecular weight is 340 g/mol. The van der Waals surface area contributed by atoms with E-state index in [2.05, 4.69) is 16.8 Å². The van der Waals surface area contributed by atoms with Crippen molar-refractivity contribution < 1.29 is 19.4 Å². The molecule has 0 saturated heterocycles. The van der Waals surface area contributed by atoms with E-state index in [1.165, 1.54) is 0 Å². The molecule has 0 aromatic heterocycles. The Morgan fingerprint density at radius 1 is 1.20 bits per heavy atom. The van der Waals surface area contributed by atoms with Gasteiger partial charge in [0.2, 0.25) is 0 Å². The Bertz CT molecular complexity index is 811. The van der Waals surface area contributed by atoms with Gasteiger partial charge in [0.25, 0.3) is 0 Å². The monoisotopic (exact) mass is 340 g/mol. The van der Waals surface area contributed by atoms with E-state index in [4.69, 9.17) is 9.47 Å². The molecule has 2 rings (SSSR count). The van der Waals surface area contributed by atoms with E-state index >= 15 is 0 Å². The molecule has 0 unspecified atom stereocenters. The molecule has 0 aliphatic heterocycles. The molecule has 0 atom stereocenters. The lowest BCUT2D eigenvalue weighted by Gasteiger charge is -2.09. The molecular weight excluding hydrogens is 320 g/mol. The first kappa shape index (κ1) is 18.2. The zero-order valence-corrected chi connectivity index (χ0v) is 14.4. The molecule has 25 heavy (non-hydrogen) atoms. The van der Waals surface area contributed by atoms with Gasteiger partial charge in [0, 0.05) is 11.1 Å². The second kappa shape index (κ2) is 8.10. The van der Waals surface area contributed by atoms with Crippen LogP contribution in [0, 0.1) is 6.92 Å². The number of nitrogens with zero attached hydrogens (tertiary/aromatic N) is 2. The van der Waals surface area contributed by atoms with Crippen LogP contribution >= 0.6 is 0 Å². The molecule has 1 N–H and O–H groups in total. The average Bonchev–Trinajstić information content (AvgIpc) is 2.60. The van der Waals surface area contributed by atoms with E-state index in [-0.39, 0.29) is 12.4 Å². The van der Waals surface area contributed by atoms with E-state index in [9.17, 15) is 9.90 Å². The molecule has 2 aromatic carbocycles. The minimum absolute atomic E-state index is 0.0652. The number of hydrogen-bond donors (Lipinski definition) is 1. The lowest BCUT2D eigenvalue weighted by Crippen LogP contribution is -2.05. The van der Waals surface area contributed by atoms with Crippen molar-refractivity contribution in [1.82, 2.24) is 0 Å². The lowest BCUT2D eigenvalue weighted by atomic mass is 10.1. The summed E-state index contributed by atoms with van der Waals surface area (Å²) < 4.78 is 10.2. The Morgan fingerprint density at radius 2 is 1.88 bits per heavy atom. The molecule has 0 spiro atoms. The van der Waals surface area contributed by atoms with Gasteiger partial charge in [-0.15, -0.1) is 5.11 Å². The maximum atomic E-state index is 11.5. The maximum Gasteiger partial charge on any atom is 0.333 e. The molecule has 0 aliphatic carbocycles. The van der Waals surface area contributed by atoms with Crippen LogP contribution in [0.1, 0.15) is 18.1 Å². The van der Waals surface area contributed by atoms with Crippen molar-refractivity contribution in [2.45, 2.75) is 20.5 Å². The van der Waals surface area contributed by atoms with Crippen LogP contribution in [-0.2, 0) is 16.1 Å². The van der Waals surface area contributed by atoms with Gasteiger partial charge in [0.05, 0.1) is 12.8 Å². The number of hydrogen-bond acceptors (Lipinski definition) is 6. The van der Waals surface area contributed by atoms with Gasteiger partial charge in [-0.2, -0.15) is 5.11 Å². The zero-order chi connectivity index (χ0) is 18.4. The van der Waals surface area contributed by atoms with Gasteiger partial charge in [-0.05, 0) is 55.8 Å². The zero-order valence-electron chi connectivity index (χ0n) is 14.4. The van der Waals surface area contributed by atoms with Gasteiger partial charge >= 0.3 is 5.97 Å². The summed E-state index contributed by atoms with van der Waals surface area (Å²) in [6.07, 6.45) is 0. The molecule has 0 fully saturated rings. The highest BCUT2D eigenvalue weighted by Crippen LogP contribution is 2.33. The summed E-state index contributed by atoms with van der Waals surface area (Å²) in [6, 6.07) is 10.5. The minimum atomic E-state index is -0.512. The highest BCUT2D eigenvalue weighted by molar-refractivity contribution is 5.86. The molecule has 2 aromatic rings. The lowest BCUT2D eigenvalue weighted by molar-refractivity contribution is -0.140. The van der Waals surface area contributed by atoms with Gasteiger partial charge in [-0.25, -0.2) is 4.79 Å². The van der Waals surface area contributed by atoms with Crippen LogP contribution in [0.15, 0.2) is 58.8 Å². The molecule has 130 valence electrons. The third-order valence-electron chi connectivity index (χ3n) is 3.37. The van der Waals surface area contributed by atoms with Crippen LogP contribution in [0.25, 0.3) is 0 Å². The molecule has 0 amide bonds. The van der Waals surface area contributed by atoms with E-state index < -0.39 is 5.97 Å². The number of azo groups is 1. The van der Waals surface area contributed by atoms with E-state index in [0.29, 0.717) is 22.5 Å². The van der Waals surface area contributed by atoms with E-state index in [0.717, 1.165) is 11.3 Å². The number of carbonyl (C=O) groups is 1. The fraction of sp³-hybridized carbons (Fsp3) is 0.211. The fourth-order valence-electron chi connectivity index (χ4n) is 2.05. The van der Waals surface area contributed by atoms with Crippen molar-refractivity contribution in [2.24, 2.45) is 10.2 Å². The number of aryl methyl sites for hydroxylation is 1. The standard InChI is InChI=1S/C19H20N2O4/c1-12(2)19(23)25-11-14-9-13(3)10-17(18(14)22)21-20-15-5-7-16(24-4)8-6-15/h5-10,22H,1,11H2,2-4H3. The van der Waals surface area contributed by atoms with Crippen molar-refractivity contribution in [3.8, 4) is 11.5 Å². The number of carbonyl (C=O) groups excluding carboxylic acids is 1. The van der Waals surface area contributed by atoms with Crippen molar-refractivity contribution in [3.63, 3.8) is 0 Å². The number of phenolic OH excluding ortho intramolecular Hbond substituents is 1. The summed E-state index contributed by atoms with van der Waals surface area (Å²) in [4.78, 5) is 11.5. The third-order valence-corrected chi connectivity index (χ3v) is 3.37. The van der Waals surface area contributed by atoms with Gasteiger partial charge in [-0.1, -0.05) is 6.58 Å². The van der Waals surface area contributed by atoms with Crippen molar-refractivity contribution in [3.05, 3.63) is 59.7 Å². The second-order valence-electron chi connectivity index (χ2n) is 5.55. The van der Waals surface area contributed by atoms with Crippen LogP contribution in [0.4, 0.5) is 11.4 Å². The summed E-state index contributed by atoms with van der Waals surface area (Å²) in [5.41, 5.74) is 2.54. The molecule has 6 nitrogen and oxygen atoms in total. The second-order valence-corrected chi connectivity index (χ2v) is 5.55. The number of rotatable bonds is 6. The molecule has 0 heterocycles. The van der Waals surface area contributed by atoms with Crippen LogP contribution in [0.2, 0.25) is 0 Å². The largest absolute Gasteiger partial charge is 0.505 e. The summed E-state index contributed by atoms with van der Waals surface area (Å²) in [5, 5.41) is 18.5. The number of benzene rings is 2. The van der Waals surface area contributed by atoms with Crippen molar-refractivity contribution >= 4 is 17.3 Å². The topological polar surface area (TPSA) is 80.5 Å². The highest BCUT2D eigenvalue weighted by Gasteiger charge is 2.11. The van der Waals surface area contributed by atoms with E-state index in [1.54, 1.807) is 50.4 Å². The molecule has 0 aliphatic rings. The number of esters is 1. The molecule has 6 heteroatoms. The van der Waals surface area contributed by atoms with Crippen molar-refractivity contribution in [1.29, 1.82) is 0 Å². The Hall–Kier alpha value is -3.15. The molecule has 0 saturated carbocycles. The Morgan fingerprint density at radius 3 is 2.48 bits per heavy atom. The Balaban J connectivity index is 2.21. The first-order valence-electron chi connectivity index (χ1n) is 7.61. The Kier molecular flexibility index (Phi) is 5.89. The smallest absolute Gasteiger partial charge is 0.333 e. The highest BCUT2D eigenvalue weighted by atomic mass is 16.5. The normalized spacial score (nSPS) is 10.7. The van der Waals surface area contributed by atoms with Crippen molar-refractivity contribution in [2.75, 3.05) is 7.11 Å². The molecule has 0 radical (unpaired) electrons. The summed E-state index contributed by atoms with van der Waals surface area (Å²) in [6.45, 7) is 6.87. The number of aromatic hydroxyl groups is 1. The van der Waals surface area contributed by atoms with Gasteiger partial charge in [-0.3, -0.25) is 0 Å².